The summed E-state index contributed by atoms with van der Waals surface area (Å²) in [5.74, 6) is 2.99. The summed E-state index contributed by atoms with van der Waals surface area (Å²) in [4.78, 5) is 0. The summed E-state index contributed by atoms with van der Waals surface area (Å²) in [6.45, 7) is 2.32. The Morgan fingerprint density at radius 3 is 2.56 bits per heavy atom. The lowest BCUT2D eigenvalue weighted by atomic mass is 9.87. The van der Waals surface area contributed by atoms with Gasteiger partial charge in [0.05, 0.1) is 0 Å². The van der Waals surface area contributed by atoms with Crippen LogP contribution in [0.5, 0.6) is 0 Å². The molecule has 2 rings (SSSR count). The molecule has 0 aliphatic heterocycles. The summed E-state index contributed by atoms with van der Waals surface area (Å²) in [6, 6.07) is 0. The van der Waals surface area contributed by atoms with Gasteiger partial charge in [-0.1, -0.05) is 13.3 Å². The van der Waals surface area contributed by atoms with Crippen LogP contribution in [0.2, 0.25) is 0 Å². The van der Waals surface area contributed by atoms with Crippen molar-refractivity contribution < 1.29 is 0 Å². The molecule has 3 atom stereocenters. The monoisotopic (exact) mass is 122 g/mol. The minimum Gasteiger partial charge on any atom is -0.0651 e. The highest BCUT2D eigenvalue weighted by Crippen LogP contribution is 2.48. The zero-order chi connectivity index (χ0) is 6.27. The molecule has 50 valence electrons. The van der Waals surface area contributed by atoms with Crippen LogP contribution < -0.4 is 0 Å². The number of hydrogen-bond donors (Lipinski definition) is 0. The van der Waals surface area contributed by atoms with E-state index >= 15 is 0 Å². The van der Waals surface area contributed by atoms with Crippen molar-refractivity contribution in [3.63, 3.8) is 0 Å². The summed E-state index contributed by atoms with van der Waals surface area (Å²) in [7, 11) is 0. The lowest BCUT2D eigenvalue weighted by Gasteiger charge is -2.18. The van der Waals surface area contributed by atoms with Gasteiger partial charge < -0.3 is 0 Å². The van der Waals surface area contributed by atoms with Crippen molar-refractivity contribution in [2.24, 2.45) is 17.8 Å². The normalized spacial score (nSPS) is 48.3. The van der Waals surface area contributed by atoms with Gasteiger partial charge in [0.1, 0.15) is 0 Å². The molecule has 2 aliphatic rings. The summed E-state index contributed by atoms with van der Waals surface area (Å²) >= 11 is 0. The van der Waals surface area contributed by atoms with Gasteiger partial charge in [0.15, 0.2) is 0 Å². The fourth-order valence-corrected chi connectivity index (χ4v) is 2.36. The Hall–Kier alpha value is 0. The molecule has 0 N–H and O–H groups in total. The molecule has 2 bridgehead atoms. The molecular weight excluding hydrogens is 108 g/mol. The lowest BCUT2D eigenvalue weighted by molar-refractivity contribution is 0.408. The molecule has 9 heavy (non-hydrogen) atoms. The Bertz CT molecular complexity index is 107. The van der Waals surface area contributed by atoms with E-state index < -0.39 is 0 Å². The minimum atomic E-state index is 0.972. The SMILES string of the molecule is CCC1CC2[CH][CH]C1C2. The average molecular weight is 122 g/mol. The maximum absolute atomic E-state index is 2.43. The zero-order valence-corrected chi connectivity index (χ0v) is 6.01. The molecule has 0 saturated heterocycles. The van der Waals surface area contributed by atoms with E-state index in [0.29, 0.717) is 0 Å². The predicted octanol–water partition coefficient (Wildman–Crippen LogP) is 2.46. The van der Waals surface area contributed by atoms with E-state index in [0.717, 1.165) is 17.8 Å². The van der Waals surface area contributed by atoms with Gasteiger partial charge in [-0.05, 0) is 43.4 Å². The van der Waals surface area contributed by atoms with E-state index in [1.165, 1.54) is 19.3 Å². The molecule has 0 aromatic carbocycles. The predicted molar refractivity (Wildman–Crippen MR) is 38.6 cm³/mol. The molecule has 2 radical (unpaired) electrons. The molecule has 0 amide bonds. The molecule has 0 spiro atoms. The quantitative estimate of drug-likeness (QED) is 0.501. The summed E-state index contributed by atoms with van der Waals surface area (Å²) in [5, 5.41) is 0. The van der Waals surface area contributed by atoms with Crippen molar-refractivity contribution in [3.8, 4) is 0 Å². The molecule has 3 unspecified atom stereocenters. The molecule has 0 heteroatoms. The first-order valence-corrected chi connectivity index (χ1v) is 4.08. The smallest absolute Gasteiger partial charge is 0.0315 e. The molecule has 0 nitrogen and oxygen atoms in total. The zero-order valence-electron chi connectivity index (χ0n) is 6.01. The average Bonchev–Trinajstić information content (AvgIpc) is 2.45. The Morgan fingerprint density at radius 1 is 1.33 bits per heavy atom. The van der Waals surface area contributed by atoms with Crippen LogP contribution in [0.1, 0.15) is 26.2 Å². The van der Waals surface area contributed by atoms with Crippen molar-refractivity contribution >= 4 is 0 Å². The Labute approximate surface area is 57.6 Å². The second-order valence-electron chi connectivity index (χ2n) is 3.45. The summed E-state index contributed by atoms with van der Waals surface area (Å²) in [6.07, 6.45) is 9.20. The minimum absolute atomic E-state index is 0.972. The van der Waals surface area contributed by atoms with E-state index in [-0.39, 0.29) is 0 Å². The lowest BCUT2D eigenvalue weighted by Crippen LogP contribution is -2.09. The molecule has 2 fully saturated rings. The van der Waals surface area contributed by atoms with E-state index in [4.69, 9.17) is 0 Å². The van der Waals surface area contributed by atoms with Gasteiger partial charge in [0.2, 0.25) is 0 Å². The molecule has 2 aliphatic carbocycles. The number of hydrogen-bond acceptors (Lipinski definition) is 0. The number of rotatable bonds is 1. The Balaban J connectivity index is 2.01. The van der Waals surface area contributed by atoms with Crippen LogP contribution in [0.3, 0.4) is 0 Å². The topological polar surface area (TPSA) is 0 Å². The summed E-state index contributed by atoms with van der Waals surface area (Å²) < 4.78 is 0. The van der Waals surface area contributed by atoms with Crippen LogP contribution in [0.25, 0.3) is 0 Å². The van der Waals surface area contributed by atoms with Crippen LogP contribution in [0.15, 0.2) is 0 Å². The first kappa shape index (κ1) is 5.76. The van der Waals surface area contributed by atoms with Gasteiger partial charge in [-0.25, -0.2) is 0 Å². The van der Waals surface area contributed by atoms with E-state index in [2.05, 4.69) is 19.8 Å². The Kier molecular flexibility index (Phi) is 1.28. The second-order valence-corrected chi connectivity index (χ2v) is 3.45. The van der Waals surface area contributed by atoms with Crippen molar-refractivity contribution in [2.45, 2.75) is 26.2 Å². The second kappa shape index (κ2) is 2.00. The van der Waals surface area contributed by atoms with Gasteiger partial charge in [0.25, 0.3) is 0 Å². The van der Waals surface area contributed by atoms with Crippen molar-refractivity contribution in [1.29, 1.82) is 0 Å². The highest BCUT2D eigenvalue weighted by atomic mass is 14.4. The largest absolute Gasteiger partial charge is 0.0651 e. The first-order chi connectivity index (χ1) is 4.40. The van der Waals surface area contributed by atoms with Gasteiger partial charge in [-0.2, -0.15) is 0 Å². The molecule has 0 aromatic heterocycles. The van der Waals surface area contributed by atoms with Crippen LogP contribution in [-0.2, 0) is 0 Å². The van der Waals surface area contributed by atoms with Crippen LogP contribution in [-0.4, -0.2) is 0 Å². The van der Waals surface area contributed by atoms with Crippen LogP contribution in [0.4, 0.5) is 0 Å². The van der Waals surface area contributed by atoms with Gasteiger partial charge in [-0.3, -0.25) is 0 Å². The summed E-state index contributed by atoms with van der Waals surface area (Å²) in [5.41, 5.74) is 0. The molecule has 2 saturated carbocycles. The van der Waals surface area contributed by atoms with E-state index in [1.807, 2.05) is 0 Å². The fraction of sp³-hybridized carbons (Fsp3) is 0.778. The molecular formula is C9H14. The van der Waals surface area contributed by atoms with E-state index in [1.54, 1.807) is 0 Å². The third-order valence-corrected chi connectivity index (χ3v) is 2.94. The van der Waals surface area contributed by atoms with Gasteiger partial charge >= 0.3 is 0 Å². The maximum atomic E-state index is 2.43. The fourth-order valence-electron chi connectivity index (χ4n) is 2.36. The van der Waals surface area contributed by atoms with Gasteiger partial charge in [-0.15, -0.1) is 0 Å². The van der Waals surface area contributed by atoms with Gasteiger partial charge in [0, 0.05) is 0 Å². The first-order valence-electron chi connectivity index (χ1n) is 4.08. The Morgan fingerprint density at radius 2 is 2.22 bits per heavy atom. The van der Waals surface area contributed by atoms with Crippen molar-refractivity contribution in [2.75, 3.05) is 0 Å². The molecule has 0 heterocycles. The van der Waals surface area contributed by atoms with Crippen molar-refractivity contribution in [1.82, 2.24) is 0 Å². The highest BCUT2D eigenvalue weighted by molar-refractivity contribution is 5.10. The number of fused-ring (bicyclic) bond motifs is 2. The van der Waals surface area contributed by atoms with Crippen LogP contribution in [0, 0.1) is 30.6 Å². The maximum Gasteiger partial charge on any atom is -0.0315 e. The van der Waals surface area contributed by atoms with E-state index in [9.17, 15) is 0 Å². The van der Waals surface area contributed by atoms with Crippen LogP contribution >= 0.6 is 0 Å². The third-order valence-electron chi connectivity index (χ3n) is 2.94. The molecule has 0 aromatic rings. The third kappa shape index (κ3) is 0.798. The highest BCUT2D eigenvalue weighted by Gasteiger charge is 2.38. The standard InChI is InChI=1S/C9H14/c1-2-8-5-7-3-4-9(8)6-7/h3-4,7-9H,2,5-6H2,1H3. The van der Waals surface area contributed by atoms with Crippen molar-refractivity contribution in [3.05, 3.63) is 12.8 Å².